The number of allylic oxidation sites excluding steroid dienone is 3. The Labute approximate surface area is 236 Å². The van der Waals surface area contributed by atoms with Crippen LogP contribution in [0.25, 0.3) is 6.08 Å². The van der Waals surface area contributed by atoms with Crippen molar-refractivity contribution in [2.24, 2.45) is 11.8 Å². The quantitative estimate of drug-likeness (QED) is 0.226. The van der Waals surface area contributed by atoms with Crippen molar-refractivity contribution < 1.29 is 0 Å². The first-order valence-corrected chi connectivity index (χ1v) is 14.3. The highest BCUT2D eigenvalue weighted by Crippen LogP contribution is 2.38. The molecule has 3 aromatic carbocycles. The van der Waals surface area contributed by atoms with Gasteiger partial charge in [-0.15, -0.1) is 6.58 Å². The highest BCUT2D eigenvalue weighted by Gasteiger charge is 2.25. The Morgan fingerprint density at radius 2 is 0.895 bits per heavy atom. The summed E-state index contributed by atoms with van der Waals surface area (Å²) in [7, 11) is 0. The van der Waals surface area contributed by atoms with Crippen molar-refractivity contribution in [3.05, 3.63) is 139 Å². The van der Waals surface area contributed by atoms with Gasteiger partial charge < -0.3 is 0 Å². The molecule has 5 rings (SSSR count). The molecule has 2 aliphatic carbocycles. The third-order valence-electron chi connectivity index (χ3n) is 5.10. The second kappa shape index (κ2) is 28.0. The number of fused-ring (bicyclic) bond motifs is 2. The minimum Gasteiger partial charge on any atom is -0.103 e. The molecule has 2 unspecified atom stereocenters. The molecule has 0 aliphatic heterocycles. The summed E-state index contributed by atoms with van der Waals surface area (Å²) in [4.78, 5) is 0. The summed E-state index contributed by atoms with van der Waals surface area (Å²) in [6.45, 7) is 20.9. The molecule has 0 amide bonds. The number of rotatable bonds is 1. The second-order valence-corrected chi connectivity index (χ2v) is 7.72. The van der Waals surface area contributed by atoms with Crippen molar-refractivity contribution in [2.75, 3.05) is 0 Å². The second-order valence-electron chi connectivity index (χ2n) is 7.72. The van der Waals surface area contributed by atoms with Crippen LogP contribution in [0.4, 0.5) is 0 Å². The topological polar surface area (TPSA) is 0 Å². The van der Waals surface area contributed by atoms with E-state index in [0.29, 0.717) is 0 Å². The molecule has 0 nitrogen and oxygen atoms in total. The first kappa shape index (κ1) is 36.6. The molecule has 0 aromatic heterocycles. The summed E-state index contributed by atoms with van der Waals surface area (Å²) in [5.41, 5.74) is 3.28. The van der Waals surface area contributed by atoms with Crippen molar-refractivity contribution in [1.29, 1.82) is 0 Å². The Hall–Kier alpha value is -3.56. The van der Waals surface area contributed by atoms with Gasteiger partial charge in [-0.05, 0) is 67.9 Å². The summed E-state index contributed by atoms with van der Waals surface area (Å²) in [5, 5.41) is 0. The van der Waals surface area contributed by atoms with Crippen molar-refractivity contribution in [1.82, 2.24) is 0 Å². The molecule has 0 heteroatoms. The number of hydrogen-bond acceptors (Lipinski definition) is 0. The molecule has 204 valence electrons. The molecule has 2 atom stereocenters. The number of hydrogen-bond donors (Lipinski definition) is 0. The summed E-state index contributed by atoms with van der Waals surface area (Å²) < 4.78 is 0. The Morgan fingerprint density at radius 3 is 1.11 bits per heavy atom. The van der Waals surface area contributed by atoms with Gasteiger partial charge in [0.2, 0.25) is 0 Å². The summed E-state index contributed by atoms with van der Waals surface area (Å²) in [5.74, 6) is 8.20. The van der Waals surface area contributed by atoms with Crippen LogP contribution in [0.15, 0.2) is 122 Å². The Morgan fingerprint density at radius 1 is 0.579 bits per heavy atom. The fourth-order valence-electron chi connectivity index (χ4n) is 3.49. The maximum absolute atomic E-state index is 3.63. The lowest BCUT2D eigenvalue weighted by molar-refractivity contribution is 0.691. The zero-order chi connectivity index (χ0) is 28.9. The van der Waals surface area contributed by atoms with Gasteiger partial charge >= 0.3 is 0 Å². The van der Waals surface area contributed by atoms with Gasteiger partial charge in [0.1, 0.15) is 0 Å². The lowest BCUT2D eigenvalue weighted by Gasteiger charge is -1.96. The van der Waals surface area contributed by atoms with E-state index < -0.39 is 0 Å². The lowest BCUT2D eigenvalue weighted by Crippen LogP contribution is -1.82. The molecule has 0 radical (unpaired) electrons. The van der Waals surface area contributed by atoms with Crippen molar-refractivity contribution in [2.45, 2.75) is 67.7 Å². The SMILES string of the molecule is C(#Cc1ccccc1)c1ccccc1.C1=CC2CCC1C2.C=CC.C=Cc1ccccc1.CC.CC.CC. The molecule has 2 bridgehead atoms. The van der Waals surface area contributed by atoms with Gasteiger partial charge in [0, 0.05) is 11.1 Å². The highest BCUT2D eigenvalue weighted by molar-refractivity contribution is 5.45. The fraction of sp³-hybridized carbons (Fsp3) is 0.316. The van der Waals surface area contributed by atoms with Crippen LogP contribution in [0, 0.1) is 23.7 Å². The monoisotopic (exact) mass is 508 g/mol. The van der Waals surface area contributed by atoms with Crippen molar-refractivity contribution in [3.8, 4) is 11.8 Å². The Bertz CT molecular complexity index is 930. The maximum Gasteiger partial charge on any atom is 0.0249 e. The van der Waals surface area contributed by atoms with Crippen LogP contribution < -0.4 is 0 Å². The summed E-state index contributed by atoms with van der Waals surface area (Å²) in [6, 6.07) is 30.0. The van der Waals surface area contributed by atoms with Gasteiger partial charge in [0.05, 0.1) is 0 Å². The minimum atomic E-state index is 0.991. The fourth-order valence-corrected chi connectivity index (χ4v) is 3.49. The van der Waals surface area contributed by atoms with Gasteiger partial charge in [0.25, 0.3) is 0 Å². The van der Waals surface area contributed by atoms with Crippen LogP contribution in [-0.2, 0) is 0 Å². The molecular formula is C38H52. The summed E-state index contributed by atoms with van der Waals surface area (Å²) >= 11 is 0. The molecule has 0 spiro atoms. The smallest absolute Gasteiger partial charge is 0.0249 e. The largest absolute Gasteiger partial charge is 0.103 e. The predicted octanol–water partition coefficient (Wildman–Crippen LogP) is 11.7. The van der Waals surface area contributed by atoms with E-state index in [1.165, 1.54) is 24.8 Å². The van der Waals surface area contributed by atoms with Crippen LogP contribution in [0.3, 0.4) is 0 Å². The molecular weight excluding hydrogens is 456 g/mol. The molecule has 2 aliphatic rings. The van der Waals surface area contributed by atoms with E-state index in [4.69, 9.17) is 0 Å². The van der Waals surface area contributed by atoms with E-state index in [1.807, 2.05) is 146 Å². The third-order valence-corrected chi connectivity index (χ3v) is 5.10. The average Bonchev–Trinajstić information content (AvgIpc) is 3.69. The summed E-state index contributed by atoms with van der Waals surface area (Å²) in [6.07, 6.45) is 12.8. The lowest BCUT2D eigenvalue weighted by atomic mass is 10.1. The van der Waals surface area contributed by atoms with E-state index in [1.54, 1.807) is 6.08 Å². The van der Waals surface area contributed by atoms with Gasteiger partial charge in [-0.1, -0.05) is 151 Å². The van der Waals surface area contributed by atoms with Crippen LogP contribution in [-0.4, -0.2) is 0 Å². The van der Waals surface area contributed by atoms with Gasteiger partial charge in [-0.2, -0.15) is 0 Å². The molecule has 0 N–H and O–H groups in total. The van der Waals surface area contributed by atoms with Crippen LogP contribution in [0.2, 0.25) is 0 Å². The van der Waals surface area contributed by atoms with E-state index >= 15 is 0 Å². The molecule has 1 saturated carbocycles. The highest BCUT2D eigenvalue weighted by atomic mass is 14.3. The minimum absolute atomic E-state index is 0.991. The molecule has 0 heterocycles. The van der Waals surface area contributed by atoms with Crippen LogP contribution in [0.1, 0.15) is 84.4 Å². The van der Waals surface area contributed by atoms with E-state index in [-0.39, 0.29) is 0 Å². The van der Waals surface area contributed by atoms with Crippen LogP contribution in [0.5, 0.6) is 0 Å². The molecule has 3 aromatic rings. The van der Waals surface area contributed by atoms with Gasteiger partial charge in [0.15, 0.2) is 0 Å². The molecule has 1 fully saturated rings. The Balaban J connectivity index is 0. The Kier molecular flexibility index (Phi) is 27.0. The predicted molar refractivity (Wildman–Crippen MR) is 175 cm³/mol. The maximum atomic E-state index is 3.63. The normalized spacial score (nSPS) is 14.3. The standard InChI is InChI=1S/C14H10.C8H8.C7H10.C3H6.3C2H6/c1-3-7-13(8-4-1)11-12-14-9-5-2-6-10-14;1-2-8-6-4-3-5-7-8;1-2-7-4-3-6(1)5-7;1-3-2;3*1-2/h1-10H;2-7H,1H2;1-2,6-7H,3-5H2;3H,1H2,2H3;3*1-2H3. The molecule has 0 saturated heterocycles. The van der Waals surface area contributed by atoms with Crippen molar-refractivity contribution >= 4 is 6.08 Å². The third kappa shape index (κ3) is 18.7. The van der Waals surface area contributed by atoms with E-state index in [2.05, 4.69) is 37.2 Å². The average molecular weight is 509 g/mol. The number of benzene rings is 3. The molecule has 38 heavy (non-hydrogen) atoms. The van der Waals surface area contributed by atoms with Gasteiger partial charge in [-0.25, -0.2) is 0 Å². The zero-order valence-corrected chi connectivity index (χ0v) is 25.2. The van der Waals surface area contributed by atoms with Crippen LogP contribution >= 0.6 is 0 Å². The first-order valence-electron chi connectivity index (χ1n) is 14.3. The van der Waals surface area contributed by atoms with Crippen molar-refractivity contribution in [3.63, 3.8) is 0 Å². The van der Waals surface area contributed by atoms with E-state index in [0.717, 1.165) is 23.0 Å². The zero-order valence-electron chi connectivity index (χ0n) is 25.2. The van der Waals surface area contributed by atoms with E-state index in [9.17, 15) is 0 Å². The first-order chi connectivity index (χ1) is 18.7. The van der Waals surface area contributed by atoms with Gasteiger partial charge in [-0.3, -0.25) is 0 Å².